The van der Waals surface area contributed by atoms with E-state index in [9.17, 15) is 22.0 Å². The second-order valence-corrected chi connectivity index (χ2v) is 8.00. The molecule has 1 atom stereocenters. The number of ether oxygens (including phenoxy) is 1. The van der Waals surface area contributed by atoms with Crippen LogP contribution in [0.3, 0.4) is 0 Å². The van der Waals surface area contributed by atoms with E-state index >= 15 is 8.78 Å². The molecule has 0 heterocycles. The topological polar surface area (TPSA) is 9.23 Å². The monoisotopic (exact) mass is 468 g/mol. The Bertz CT molecular complexity index is 1180. The van der Waals surface area contributed by atoms with Gasteiger partial charge >= 0.3 is 6.36 Å². The van der Waals surface area contributed by atoms with E-state index in [1.807, 2.05) is 6.92 Å². The highest BCUT2D eigenvalue weighted by molar-refractivity contribution is 5.68. The Hall–Kier alpha value is -3.03. The largest absolute Gasteiger partial charge is 0.573 e. The zero-order chi connectivity index (χ0) is 23.9. The third kappa shape index (κ3) is 4.56. The van der Waals surface area contributed by atoms with Gasteiger partial charge in [0.1, 0.15) is 17.4 Å². The van der Waals surface area contributed by atoms with E-state index in [1.165, 1.54) is 6.07 Å². The third-order valence-electron chi connectivity index (χ3n) is 6.01. The molecule has 0 saturated carbocycles. The zero-order valence-electron chi connectivity index (χ0n) is 17.5. The molecule has 1 aliphatic carbocycles. The number of rotatable bonds is 4. The first-order valence-corrected chi connectivity index (χ1v) is 10.4. The van der Waals surface area contributed by atoms with Crippen molar-refractivity contribution in [3.63, 3.8) is 0 Å². The summed E-state index contributed by atoms with van der Waals surface area (Å²) in [5.74, 6) is -5.05. The van der Waals surface area contributed by atoms with Crippen molar-refractivity contribution in [2.45, 2.75) is 44.9 Å². The minimum atomic E-state index is -4.91. The molecule has 1 nitrogen and oxygen atoms in total. The van der Waals surface area contributed by atoms with E-state index in [-0.39, 0.29) is 29.5 Å². The molecule has 0 amide bonds. The molecule has 0 fully saturated rings. The number of fused-ring (bicyclic) bond motifs is 1. The van der Waals surface area contributed by atoms with Crippen molar-refractivity contribution in [3.8, 4) is 16.9 Å². The fourth-order valence-corrected chi connectivity index (χ4v) is 4.36. The Kier molecular flexibility index (Phi) is 6.12. The van der Waals surface area contributed by atoms with Crippen LogP contribution in [0.5, 0.6) is 5.75 Å². The van der Waals surface area contributed by atoms with E-state index in [2.05, 4.69) is 4.74 Å². The SMILES string of the molecule is CCc1ccc(C2CCc3c(F)c(-c4ccc(OC(F)(F)F)cc4)c(F)c(F)c3C2)c(F)c1. The van der Waals surface area contributed by atoms with Gasteiger partial charge in [0, 0.05) is 0 Å². The fraction of sp³-hybridized carbons (Fsp3) is 0.280. The molecule has 0 N–H and O–H groups in total. The molecule has 33 heavy (non-hydrogen) atoms. The summed E-state index contributed by atoms with van der Waals surface area (Å²) in [5.41, 5.74) is 0.281. The summed E-state index contributed by atoms with van der Waals surface area (Å²) < 4.78 is 101. The molecule has 174 valence electrons. The molecule has 0 saturated heterocycles. The predicted octanol–water partition coefficient (Wildman–Crippen LogP) is 7.64. The normalized spacial score (nSPS) is 15.9. The zero-order valence-corrected chi connectivity index (χ0v) is 17.5. The Balaban J connectivity index is 1.68. The summed E-state index contributed by atoms with van der Waals surface area (Å²) in [7, 11) is 0. The molecule has 1 unspecified atom stereocenters. The van der Waals surface area contributed by atoms with Crippen LogP contribution in [-0.2, 0) is 19.3 Å². The van der Waals surface area contributed by atoms with E-state index in [4.69, 9.17) is 0 Å². The first kappa shape index (κ1) is 23.1. The fourth-order valence-electron chi connectivity index (χ4n) is 4.36. The van der Waals surface area contributed by atoms with E-state index in [0.29, 0.717) is 18.4 Å². The van der Waals surface area contributed by atoms with Crippen LogP contribution in [0.4, 0.5) is 30.7 Å². The van der Waals surface area contributed by atoms with Crippen LogP contribution in [-0.4, -0.2) is 6.36 Å². The van der Waals surface area contributed by atoms with E-state index < -0.39 is 46.9 Å². The van der Waals surface area contributed by atoms with Gasteiger partial charge < -0.3 is 4.74 Å². The van der Waals surface area contributed by atoms with Gasteiger partial charge in [0.2, 0.25) is 0 Å². The standard InChI is InChI=1S/C25H19F7O/c1-2-13-3-9-17(20(26)11-13)15-6-10-18-19(12-15)23(28)24(29)21(22(18)27)14-4-7-16(8-5-14)33-25(30,31)32/h3-5,7-9,11,15H,2,6,10,12H2,1H3. The number of halogens is 7. The van der Waals surface area contributed by atoms with Gasteiger partial charge in [-0.2, -0.15) is 0 Å². The molecule has 0 aromatic heterocycles. The van der Waals surface area contributed by atoms with Gasteiger partial charge in [0.05, 0.1) is 5.56 Å². The summed E-state index contributed by atoms with van der Waals surface area (Å²) in [5, 5.41) is 0. The highest BCUT2D eigenvalue weighted by atomic mass is 19.4. The van der Waals surface area contributed by atoms with Gasteiger partial charge in [0.15, 0.2) is 11.6 Å². The van der Waals surface area contributed by atoms with Gasteiger partial charge in [-0.05, 0) is 77.6 Å². The van der Waals surface area contributed by atoms with Crippen molar-refractivity contribution < 1.29 is 35.5 Å². The summed E-state index contributed by atoms with van der Waals surface area (Å²) >= 11 is 0. The van der Waals surface area contributed by atoms with Gasteiger partial charge in [-0.1, -0.05) is 31.2 Å². The van der Waals surface area contributed by atoms with Crippen molar-refractivity contribution in [3.05, 3.63) is 88.0 Å². The maximum Gasteiger partial charge on any atom is 0.573 e. The molecule has 3 aromatic carbocycles. The van der Waals surface area contributed by atoms with Gasteiger partial charge in [-0.15, -0.1) is 13.2 Å². The maximum absolute atomic E-state index is 15.3. The number of aryl methyl sites for hydroxylation is 1. The number of alkyl halides is 3. The molecule has 0 radical (unpaired) electrons. The van der Waals surface area contributed by atoms with Crippen molar-refractivity contribution >= 4 is 0 Å². The van der Waals surface area contributed by atoms with Gasteiger partial charge in [-0.25, -0.2) is 17.6 Å². The molecular formula is C25H19F7O. The second-order valence-electron chi connectivity index (χ2n) is 8.00. The Labute approximate surface area is 185 Å². The molecule has 1 aliphatic rings. The van der Waals surface area contributed by atoms with Crippen LogP contribution in [0.15, 0.2) is 42.5 Å². The number of benzene rings is 3. The second kappa shape index (κ2) is 8.72. The first-order chi connectivity index (χ1) is 15.6. The van der Waals surface area contributed by atoms with Crippen molar-refractivity contribution in [1.29, 1.82) is 0 Å². The Morgan fingerprint density at radius 3 is 2.18 bits per heavy atom. The lowest BCUT2D eigenvalue weighted by Gasteiger charge is -2.27. The highest BCUT2D eigenvalue weighted by Crippen LogP contribution is 2.41. The molecule has 8 heteroatoms. The van der Waals surface area contributed by atoms with Gasteiger partial charge in [-0.3, -0.25) is 0 Å². The van der Waals surface area contributed by atoms with Crippen molar-refractivity contribution in [1.82, 2.24) is 0 Å². The van der Waals surface area contributed by atoms with Crippen LogP contribution < -0.4 is 4.74 Å². The number of hydrogen-bond donors (Lipinski definition) is 0. The highest BCUT2D eigenvalue weighted by Gasteiger charge is 2.33. The lowest BCUT2D eigenvalue weighted by Crippen LogP contribution is -2.19. The van der Waals surface area contributed by atoms with Crippen LogP contribution in [0.25, 0.3) is 11.1 Å². The van der Waals surface area contributed by atoms with Crippen molar-refractivity contribution in [2.24, 2.45) is 0 Å². The molecule has 0 aliphatic heterocycles. The molecule has 0 spiro atoms. The third-order valence-corrected chi connectivity index (χ3v) is 6.01. The van der Waals surface area contributed by atoms with Gasteiger partial charge in [0.25, 0.3) is 0 Å². The Morgan fingerprint density at radius 2 is 1.58 bits per heavy atom. The maximum atomic E-state index is 15.3. The predicted molar refractivity (Wildman–Crippen MR) is 109 cm³/mol. The van der Waals surface area contributed by atoms with Crippen LogP contribution in [0.2, 0.25) is 0 Å². The van der Waals surface area contributed by atoms with E-state index in [0.717, 1.165) is 29.8 Å². The Morgan fingerprint density at radius 1 is 0.879 bits per heavy atom. The summed E-state index contributed by atoms with van der Waals surface area (Å²) in [4.78, 5) is 0. The van der Waals surface area contributed by atoms with Crippen LogP contribution >= 0.6 is 0 Å². The van der Waals surface area contributed by atoms with E-state index in [1.54, 1.807) is 12.1 Å². The minimum absolute atomic E-state index is 0.00125. The average molecular weight is 468 g/mol. The molecule has 3 aromatic rings. The number of hydrogen-bond acceptors (Lipinski definition) is 1. The minimum Gasteiger partial charge on any atom is -0.406 e. The lowest BCUT2D eigenvalue weighted by molar-refractivity contribution is -0.274. The summed E-state index contributed by atoms with van der Waals surface area (Å²) in [6, 6.07) is 8.69. The first-order valence-electron chi connectivity index (χ1n) is 10.4. The summed E-state index contributed by atoms with van der Waals surface area (Å²) in [6.45, 7) is 1.89. The smallest absolute Gasteiger partial charge is 0.406 e. The molecule has 4 rings (SSSR count). The van der Waals surface area contributed by atoms with Crippen molar-refractivity contribution in [2.75, 3.05) is 0 Å². The molecular weight excluding hydrogens is 449 g/mol. The van der Waals surface area contributed by atoms with Crippen LogP contribution in [0, 0.1) is 23.3 Å². The average Bonchev–Trinajstić information content (AvgIpc) is 2.77. The lowest BCUT2D eigenvalue weighted by atomic mass is 9.78. The van der Waals surface area contributed by atoms with Crippen LogP contribution in [0.1, 0.15) is 41.5 Å². The summed E-state index contributed by atoms with van der Waals surface area (Å²) in [6.07, 6.45) is -3.91. The quantitative estimate of drug-likeness (QED) is 0.282. The molecule has 0 bridgehead atoms.